The monoisotopic (exact) mass is 377 g/mol. The predicted molar refractivity (Wildman–Crippen MR) is 103 cm³/mol. The number of halogens is 1. The van der Waals surface area contributed by atoms with E-state index in [1.165, 1.54) is 0 Å². The minimum Gasteiger partial charge on any atom is -0.508 e. The number of rotatable bonds is 2. The van der Waals surface area contributed by atoms with Crippen LogP contribution in [0.25, 0.3) is 0 Å². The normalized spacial score (nSPS) is 20.5. The summed E-state index contributed by atoms with van der Waals surface area (Å²) < 4.78 is 6.27. The molecule has 0 aliphatic carbocycles. The Morgan fingerprint density at radius 1 is 1.11 bits per heavy atom. The standard InChI is InChI=1S/C21H16ClN3O2/c22-15-6-7-20-17(10-15)19-11-18(13-3-1-5-16(26)9-13)24-25(19)21(27-20)14-4-2-8-23-12-14/h1-10,12,19,21,26H,11H2/t19-,21-/m0/s1. The van der Waals surface area contributed by atoms with Crippen molar-refractivity contribution in [1.29, 1.82) is 0 Å². The molecule has 0 amide bonds. The van der Waals surface area contributed by atoms with Crippen molar-refractivity contribution in [2.45, 2.75) is 18.7 Å². The highest BCUT2D eigenvalue weighted by Gasteiger charge is 2.41. The van der Waals surface area contributed by atoms with Crippen LogP contribution in [0.4, 0.5) is 0 Å². The molecular formula is C21H16ClN3O2. The lowest BCUT2D eigenvalue weighted by atomic mass is 9.96. The number of aromatic hydroxyl groups is 1. The van der Waals surface area contributed by atoms with Gasteiger partial charge in [-0.1, -0.05) is 29.8 Å². The Morgan fingerprint density at radius 3 is 2.85 bits per heavy atom. The Morgan fingerprint density at radius 2 is 2.04 bits per heavy atom. The fourth-order valence-corrected chi connectivity index (χ4v) is 3.84. The third kappa shape index (κ3) is 2.80. The van der Waals surface area contributed by atoms with Crippen molar-refractivity contribution in [3.05, 3.63) is 88.7 Å². The SMILES string of the molecule is Oc1cccc(C2=NN3[C@@H](C2)c2cc(Cl)ccc2O[C@H]3c2cccnc2)c1. The molecule has 5 nitrogen and oxygen atoms in total. The van der Waals surface area contributed by atoms with Gasteiger partial charge in [0.15, 0.2) is 0 Å². The minimum absolute atomic E-state index is 0.00926. The molecule has 3 aromatic rings. The molecule has 6 heteroatoms. The Bertz CT molecular complexity index is 1040. The van der Waals surface area contributed by atoms with E-state index in [0.717, 1.165) is 28.2 Å². The maximum absolute atomic E-state index is 9.84. The van der Waals surface area contributed by atoms with E-state index in [-0.39, 0.29) is 18.0 Å². The van der Waals surface area contributed by atoms with Crippen LogP contribution in [0.1, 0.15) is 35.4 Å². The zero-order chi connectivity index (χ0) is 18.4. The van der Waals surface area contributed by atoms with E-state index in [2.05, 4.69) is 4.98 Å². The van der Waals surface area contributed by atoms with Gasteiger partial charge in [-0.3, -0.25) is 4.98 Å². The van der Waals surface area contributed by atoms with Gasteiger partial charge in [-0.05, 0) is 36.4 Å². The molecule has 0 unspecified atom stereocenters. The summed E-state index contributed by atoms with van der Waals surface area (Å²) in [5.41, 5.74) is 3.75. The molecule has 2 aliphatic rings. The summed E-state index contributed by atoms with van der Waals surface area (Å²) >= 11 is 6.24. The fourth-order valence-electron chi connectivity index (χ4n) is 3.66. The molecule has 2 atom stereocenters. The van der Waals surface area contributed by atoms with Gasteiger partial charge in [0.25, 0.3) is 0 Å². The Labute approximate surface area is 161 Å². The van der Waals surface area contributed by atoms with E-state index in [0.29, 0.717) is 11.4 Å². The van der Waals surface area contributed by atoms with Crippen molar-refractivity contribution in [3.8, 4) is 11.5 Å². The number of ether oxygens (including phenoxy) is 1. The van der Waals surface area contributed by atoms with E-state index in [1.807, 2.05) is 47.5 Å². The third-order valence-electron chi connectivity index (χ3n) is 4.90. The summed E-state index contributed by atoms with van der Waals surface area (Å²) in [4.78, 5) is 4.22. The summed E-state index contributed by atoms with van der Waals surface area (Å²) in [6, 6.07) is 16.7. The highest BCUT2D eigenvalue weighted by Crippen LogP contribution is 2.48. The number of nitrogens with zero attached hydrogens (tertiary/aromatic N) is 3. The molecule has 2 aromatic carbocycles. The molecule has 5 rings (SSSR count). The molecule has 0 saturated heterocycles. The van der Waals surface area contributed by atoms with Crippen LogP contribution in [0.5, 0.6) is 11.5 Å². The highest BCUT2D eigenvalue weighted by atomic mass is 35.5. The summed E-state index contributed by atoms with van der Waals surface area (Å²) in [6.07, 6.45) is 3.87. The van der Waals surface area contributed by atoms with Crippen LogP contribution in [0.2, 0.25) is 5.02 Å². The first-order chi connectivity index (χ1) is 13.2. The molecule has 0 radical (unpaired) electrons. The van der Waals surface area contributed by atoms with Crippen molar-refractivity contribution in [2.75, 3.05) is 0 Å². The van der Waals surface area contributed by atoms with Crippen molar-refractivity contribution in [2.24, 2.45) is 5.10 Å². The Balaban J connectivity index is 1.61. The summed E-state index contributed by atoms with van der Waals surface area (Å²) in [5.74, 6) is 1.03. The summed E-state index contributed by atoms with van der Waals surface area (Å²) in [7, 11) is 0. The number of pyridine rings is 1. The molecule has 0 spiro atoms. The number of benzene rings is 2. The Kier molecular flexibility index (Phi) is 3.76. The van der Waals surface area contributed by atoms with Gasteiger partial charge in [0.2, 0.25) is 6.23 Å². The van der Waals surface area contributed by atoms with Gasteiger partial charge in [0.1, 0.15) is 11.5 Å². The maximum atomic E-state index is 9.84. The second-order valence-electron chi connectivity index (χ2n) is 6.64. The minimum atomic E-state index is -0.368. The number of phenols is 1. The molecule has 27 heavy (non-hydrogen) atoms. The Hall–Kier alpha value is -3.05. The number of phenolic OH excluding ortho intramolecular Hbond substituents is 1. The van der Waals surface area contributed by atoms with Gasteiger partial charge in [0, 0.05) is 40.5 Å². The van der Waals surface area contributed by atoms with Gasteiger partial charge in [0.05, 0.1) is 11.8 Å². The number of hydrogen-bond acceptors (Lipinski definition) is 5. The van der Waals surface area contributed by atoms with Gasteiger partial charge in [-0.15, -0.1) is 0 Å². The van der Waals surface area contributed by atoms with Crippen molar-refractivity contribution in [3.63, 3.8) is 0 Å². The van der Waals surface area contributed by atoms with Gasteiger partial charge >= 0.3 is 0 Å². The lowest BCUT2D eigenvalue weighted by Crippen LogP contribution is -2.33. The van der Waals surface area contributed by atoms with Crippen LogP contribution in [0, 0.1) is 0 Å². The number of hydrazone groups is 1. The van der Waals surface area contributed by atoms with Crippen LogP contribution in [0.3, 0.4) is 0 Å². The smallest absolute Gasteiger partial charge is 0.215 e. The quantitative estimate of drug-likeness (QED) is 0.704. The van der Waals surface area contributed by atoms with E-state index in [9.17, 15) is 5.11 Å². The molecule has 1 N–H and O–H groups in total. The van der Waals surface area contributed by atoms with Gasteiger partial charge in [-0.2, -0.15) is 5.10 Å². The zero-order valence-electron chi connectivity index (χ0n) is 14.3. The lowest BCUT2D eigenvalue weighted by Gasteiger charge is -2.38. The van der Waals surface area contributed by atoms with Crippen molar-refractivity contribution in [1.82, 2.24) is 9.99 Å². The second kappa shape index (κ2) is 6.28. The zero-order valence-corrected chi connectivity index (χ0v) is 15.0. The van der Waals surface area contributed by atoms with Crippen LogP contribution >= 0.6 is 11.6 Å². The number of aromatic nitrogens is 1. The van der Waals surface area contributed by atoms with Crippen LogP contribution in [-0.4, -0.2) is 20.8 Å². The fraction of sp³-hybridized carbons (Fsp3) is 0.143. The first kappa shape index (κ1) is 16.1. The largest absolute Gasteiger partial charge is 0.508 e. The molecule has 2 aliphatic heterocycles. The predicted octanol–water partition coefficient (Wildman–Crippen LogP) is 4.68. The van der Waals surface area contributed by atoms with Crippen LogP contribution < -0.4 is 4.74 Å². The van der Waals surface area contributed by atoms with E-state index >= 15 is 0 Å². The van der Waals surface area contributed by atoms with Crippen molar-refractivity contribution >= 4 is 17.3 Å². The van der Waals surface area contributed by atoms with Crippen molar-refractivity contribution < 1.29 is 9.84 Å². The van der Waals surface area contributed by atoms with E-state index in [4.69, 9.17) is 21.4 Å². The second-order valence-corrected chi connectivity index (χ2v) is 7.07. The van der Waals surface area contributed by atoms with Gasteiger partial charge < -0.3 is 9.84 Å². The highest BCUT2D eigenvalue weighted by molar-refractivity contribution is 6.30. The average Bonchev–Trinajstić information content (AvgIpc) is 3.14. The van der Waals surface area contributed by atoms with Crippen LogP contribution in [0.15, 0.2) is 72.1 Å². The topological polar surface area (TPSA) is 58.0 Å². The lowest BCUT2D eigenvalue weighted by molar-refractivity contribution is -0.0192. The first-order valence-corrected chi connectivity index (χ1v) is 9.08. The van der Waals surface area contributed by atoms with Crippen LogP contribution in [-0.2, 0) is 0 Å². The molecule has 0 bridgehead atoms. The van der Waals surface area contributed by atoms with Gasteiger partial charge in [-0.25, -0.2) is 5.01 Å². The summed E-state index contributed by atoms with van der Waals surface area (Å²) in [5, 5.41) is 17.3. The molecule has 3 heterocycles. The molecule has 1 aromatic heterocycles. The summed E-state index contributed by atoms with van der Waals surface area (Å²) in [6.45, 7) is 0. The number of hydrogen-bond donors (Lipinski definition) is 1. The molecule has 134 valence electrons. The van der Waals surface area contributed by atoms with E-state index < -0.39 is 0 Å². The molecular weight excluding hydrogens is 362 g/mol. The number of fused-ring (bicyclic) bond motifs is 3. The van der Waals surface area contributed by atoms with E-state index in [1.54, 1.807) is 24.5 Å². The first-order valence-electron chi connectivity index (χ1n) is 8.70. The average molecular weight is 378 g/mol. The maximum Gasteiger partial charge on any atom is 0.215 e. The third-order valence-corrected chi connectivity index (χ3v) is 5.14. The molecule has 0 saturated carbocycles. The molecule has 0 fully saturated rings.